The van der Waals surface area contributed by atoms with Crippen LogP contribution in [-0.2, 0) is 6.42 Å². The number of anilines is 1. The van der Waals surface area contributed by atoms with Gasteiger partial charge in [0.25, 0.3) is 5.91 Å². The largest absolute Gasteiger partial charge is 0.321 e. The fraction of sp³-hybridized carbons (Fsp3) is 0.188. The van der Waals surface area contributed by atoms with E-state index < -0.39 is 0 Å². The Morgan fingerprint density at radius 2 is 2.14 bits per heavy atom. The first kappa shape index (κ1) is 13.3. The topological polar surface area (TPSA) is 59.3 Å². The molecule has 0 fully saturated rings. The van der Waals surface area contributed by atoms with E-state index in [1.54, 1.807) is 22.8 Å². The summed E-state index contributed by atoms with van der Waals surface area (Å²) in [6.45, 7) is 4.01. The van der Waals surface area contributed by atoms with Gasteiger partial charge in [0, 0.05) is 17.4 Å². The van der Waals surface area contributed by atoms with E-state index in [4.69, 9.17) is 0 Å². The Morgan fingerprint density at radius 1 is 1.29 bits per heavy atom. The molecule has 0 aliphatic heterocycles. The van der Waals surface area contributed by atoms with Crippen LogP contribution in [0.5, 0.6) is 0 Å². The van der Waals surface area contributed by atoms with Gasteiger partial charge in [0.15, 0.2) is 5.65 Å². The number of aryl methyl sites for hydroxylation is 2. The molecule has 1 amide bonds. The fourth-order valence-corrected chi connectivity index (χ4v) is 2.26. The van der Waals surface area contributed by atoms with E-state index in [1.807, 2.05) is 38.1 Å². The maximum Gasteiger partial charge on any atom is 0.274 e. The van der Waals surface area contributed by atoms with Crippen molar-refractivity contribution in [2.45, 2.75) is 20.3 Å². The van der Waals surface area contributed by atoms with Gasteiger partial charge in [-0.1, -0.05) is 19.1 Å². The summed E-state index contributed by atoms with van der Waals surface area (Å²) in [5.41, 5.74) is 3.92. The lowest BCUT2D eigenvalue weighted by atomic mass is 10.2. The zero-order chi connectivity index (χ0) is 14.8. The van der Waals surface area contributed by atoms with Crippen molar-refractivity contribution in [2.75, 3.05) is 5.32 Å². The molecular formula is C16H16N4O. The lowest BCUT2D eigenvalue weighted by Gasteiger charge is -2.08. The summed E-state index contributed by atoms with van der Waals surface area (Å²) in [7, 11) is 0. The second kappa shape index (κ2) is 5.36. The van der Waals surface area contributed by atoms with E-state index >= 15 is 0 Å². The molecular weight excluding hydrogens is 264 g/mol. The minimum atomic E-state index is -0.209. The van der Waals surface area contributed by atoms with E-state index in [9.17, 15) is 4.79 Å². The van der Waals surface area contributed by atoms with E-state index in [0.29, 0.717) is 11.3 Å². The molecule has 5 nitrogen and oxygen atoms in total. The quantitative estimate of drug-likeness (QED) is 0.802. The Morgan fingerprint density at radius 3 is 2.90 bits per heavy atom. The first-order valence-electron chi connectivity index (χ1n) is 6.89. The number of rotatable bonds is 3. The number of nitrogens with one attached hydrogen (secondary N) is 1. The van der Waals surface area contributed by atoms with Crippen molar-refractivity contribution in [1.82, 2.24) is 14.6 Å². The first-order chi connectivity index (χ1) is 10.2. The smallest absolute Gasteiger partial charge is 0.274 e. The molecule has 3 aromatic rings. The molecule has 1 aromatic carbocycles. The highest BCUT2D eigenvalue weighted by Crippen LogP contribution is 2.13. The standard InChI is InChI=1S/C16H16N4O/c1-3-13-10-14(19-15-7-8-17-20(13)15)16(21)18-12-6-4-5-11(2)9-12/h4-10H,3H2,1-2H3,(H,18,21). The molecule has 0 atom stereocenters. The molecule has 1 N–H and O–H groups in total. The summed E-state index contributed by atoms with van der Waals surface area (Å²) >= 11 is 0. The van der Waals surface area contributed by atoms with Gasteiger partial charge in [0.05, 0.1) is 6.20 Å². The number of nitrogens with zero attached hydrogens (tertiary/aromatic N) is 3. The number of aromatic nitrogens is 3. The number of amides is 1. The molecule has 0 aliphatic rings. The van der Waals surface area contributed by atoms with Gasteiger partial charge in [-0.15, -0.1) is 0 Å². The van der Waals surface area contributed by atoms with Gasteiger partial charge in [0.1, 0.15) is 5.69 Å². The van der Waals surface area contributed by atoms with Crippen LogP contribution in [0.4, 0.5) is 5.69 Å². The molecule has 0 bridgehead atoms. The summed E-state index contributed by atoms with van der Waals surface area (Å²) in [6, 6.07) is 11.3. The molecule has 0 spiro atoms. The van der Waals surface area contributed by atoms with E-state index in [-0.39, 0.29) is 5.91 Å². The highest BCUT2D eigenvalue weighted by Gasteiger charge is 2.12. The SMILES string of the molecule is CCc1cc(C(=O)Nc2cccc(C)c2)nc2ccnn12. The molecule has 106 valence electrons. The Hall–Kier alpha value is -2.69. The Labute approximate surface area is 122 Å². The van der Waals surface area contributed by atoms with Crippen LogP contribution in [0.25, 0.3) is 5.65 Å². The van der Waals surface area contributed by atoms with Crippen LogP contribution in [0.3, 0.4) is 0 Å². The molecule has 0 saturated heterocycles. The minimum absolute atomic E-state index is 0.209. The second-order valence-electron chi connectivity index (χ2n) is 4.91. The zero-order valence-corrected chi connectivity index (χ0v) is 12.0. The van der Waals surface area contributed by atoms with Crippen molar-refractivity contribution in [2.24, 2.45) is 0 Å². The number of benzene rings is 1. The van der Waals surface area contributed by atoms with Gasteiger partial charge in [-0.2, -0.15) is 5.10 Å². The van der Waals surface area contributed by atoms with Crippen LogP contribution < -0.4 is 5.32 Å². The summed E-state index contributed by atoms with van der Waals surface area (Å²) in [6.07, 6.45) is 2.47. The van der Waals surface area contributed by atoms with Crippen LogP contribution in [-0.4, -0.2) is 20.5 Å². The average Bonchev–Trinajstić information content (AvgIpc) is 2.94. The maximum absolute atomic E-state index is 12.4. The fourth-order valence-electron chi connectivity index (χ4n) is 2.26. The zero-order valence-electron chi connectivity index (χ0n) is 12.0. The molecule has 0 saturated carbocycles. The second-order valence-corrected chi connectivity index (χ2v) is 4.91. The van der Waals surface area contributed by atoms with Crippen LogP contribution in [0.1, 0.15) is 28.7 Å². The van der Waals surface area contributed by atoms with Crippen molar-refractivity contribution in [1.29, 1.82) is 0 Å². The molecule has 0 radical (unpaired) electrons. The van der Waals surface area contributed by atoms with Crippen LogP contribution in [0.2, 0.25) is 0 Å². The molecule has 3 rings (SSSR count). The van der Waals surface area contributed by atoms with Crippen molar-refractivity contribution in [3.05, 3.63) is 59.5 Å². The molecule has 0 unspecified atom stereocenters. The predicted molar refractivity (Wildman–Crippen MR) is 81.5 cm³/mol. The normalized spacial score (nSPS) is 10.8. The molecule has 0 aliphatic carbocycles. The summed E-state index contributed by atoms with van der Waals surface area (Å²) in [5, 5.41) is 7.08. The number of hydrogen-bond donors (Lipinski definition) is 1. The van der Waals surface area contributed by atoms with Crippen molar-refractivity contribution < 1.29 is 4.79 Å². The molecule has 2 aromatic heterocycles. The minimum Gasteiger partial charge on any atom is -0.321 e. The Bertz CT molecular complexity index is 807. The summed E-state index contributed by atoms with van der Waals surface area (Å²) in [4.78, 5) is 16.7. The van der Waals surface area contributed by atoms with Crippen LogP contribution in [0.15, 0.2) is 42.6 Å². The van der Waals surface area contributed by atoms with Crippen molar-refractivity contribution in [3.8, 4) is 0 Å². The number of carbonyl (C=O) groups is 1. The lowest BCUT2D eigenvalue weighted by molar-refractivity contribution is 0.102. The maximum atomic E-state index is 12.4. The van der Waals surface area contributed by atoms with E-state index in [0.717, 1.165) is 23.4 Å². The van der Waals surface area contributed by atoms with Gasteiger partial charge in [-0.3, -0.25) is 4.79 Å². The van der Waals surface area contributed by atoms with Crippen LogP contribution in [0, 0.1) is 6.92 Å². The Kier molecular flexibility index (Phi) is 3.39. The van der Waals surface area contributed by atoms with Crippen molar-refractivity contribution in [3.63, 3.8) is 0 Å². The number of fused-ring (bicyclic) bond motifs is 1. The van der Waals surface area contributed by atoms with Gasteiger partial charge >= 0.3 is 0 Å². The molecule has 21 heavy (non-hydrogen) atoms. The average molecular weight is 280 g/mol. The number of hydrogen-bond acceptors (Lipinski definition) is 3. The monoisotopic (exact) mass is 280 g/mol. The third-order valence-corrected chi connectivity index (χ3v) is 3.30. The lowest BCUT2D eigenvalue weighted by Crippen LogP contribution is -2.15. The van der Waals surface area contributed by atoms with Crippen LogP contribution >= 0.6 is 0 Å². The highest BCUT2D eigenvalue weighted by molar-refractivity contribution is 6.03. The van der Waals surface area contributed by atoms with E-state index in [2.05, 4.69) is 15.4 Å². The Balaban J connectivity index is 1.94. The third-order valence-electron chi connectivity index (χ3n) is 3.30. The number of carbonyl (C=O) groups excluding carboxylic acids is 1. The first-order valence-corrected chi connectivity index (χ1v) is 6.89. The predicted octanol–water partition coefficient (Wildman–Crippen LogP) is 2.85. The van der Waals surface area contributed by atoms with E-state index in [1.165, 1.54) is 0 Å². The summed E-state index contributed by atoms with van der Waals surface area (Å²) in [5.74, 6) is -0.209. The summed E-state index contributed by atoms with van der Waals surface area (Å²) < 4.78 is 1.75. The highest BCUT2D eigenvalue weighted by atomic mass is 16.1. The third kappa shape index (κ3) is 2.63. The van der Waals surface area contributed by atoms with Gasteiger partial charge in [0.2, 0.25) is 0 Å². The van der Waals surface area contributed by atoms with Gasteiger partial charge < -0.3 is 5.32 Å². The van der Waals surface area contributed by atoms with Crippen molar-refractivity contribution >= 4 is 17.2 Å². The molecule has 2 heterocycles. The molecule has 5 heteroatoms. The van der Waals surface area contributed by atoms with Gasteiger partial charge in [-0.05, 0) is 37.1 Å². The van der Waals surface area contributed by atoms with Gasteiger partial charge in [-0.25, -0.2) is 9.50 Å².